The van der Waals surface area contributed by atoms with Gasteiger partial charge in [-0.05, 0) is 12.8 Å². The van der Waals surface area contributed by atoms with Gasteiger partial charge in [-0.1, -0.05) is 12.8 Å². The van der Waals surface area contributed by atoms with Crippen molar-refractivity contribution < 1.29 is 4.74 Å². The fourth-order valence-electron chi connectivity index (χ4n) is 1.92. The molecule has 1 aliphatic carbocycles. The summed E-state index contributed by atoms with van der Waals surface area (Å²) in [5.41, 5.74) is 5.74. The van der Waals surface area contributed by atoms with Crippen molar-refractivity contribution >= 4 is 17.6 Å². The highest BCUT2D eigenvalue weighted by atomic mass is 32.2. The van der Waals surface area contributed by atoms with Crippen molar-refractivity contribution in [2.45, 2.75) is 42.6 Å². The molecule has 0 amide bonds. The van der Waals surface area contributed by atoms with Gasteiger partial charge in [0.2, 0.25) is 0 Å². The van der Waals surface area contributed by atoms with Gasteiger partial charge in [0.05, 0.1) is 0 Å². The Balaban J connectivity index is 2.06. The molecule has 0 unspecified atom stereocenters. The van der Waals surface area contributed by atoms with Gasteiger partial charge in [-0.15, -0.1) is 11.8 Å². The SMILES string of the molecule is COCc1nc(N)cc(SC2CCCC2)n1. The van der Waals surface area contributed by atoms with Crippen LogP contribution in [0.15, 0.2) is 11.1 Å². The molecule has 0 radical (unpaired) electrons. The lowest BCUT2D eigenvalue weighted by atomic mass is 10.4. The van der Waals surface area contributed by atoms with Gasteiger partial charge in [0.25, 0.3) is 0 Å². The first-order valence-corrected chi connectivity index (χ1v) is 6.45. The zero-order valence-electron chi connectivity index (χ0n) is 9.48. The highest BCUT2D eigenvalue weighted by Gasteiger charge is 2.17. The molecule has 5 heteroatoms. The fraction of sp³-hybridized carbons (Fsp3) is 0.636. The number of anilines is 1. The molecule has 1 heterocycles. The summed E-state index contributed by atoms with van der Waals surface area (Å²) in [7, 11) is 1.64. The highest BCUT2D eigenvalue weighted by Crippen LogP contribution is 2.34. The Morgan fingerprint density at radius 2 is 2.19 bits per heavy atom. The lowest BCUT2D eigenvalue weighted by Crippen LogP contribution is -2.03. The molecule has 1 aromatic rings. The number of nitrogen functional groups attached to an aromatic ring is 1. The molecular weight excluding hydrogens is 222 g/mol. The van der Waals surface area contributed by atoms with E-state index in [1.54, 1.807) is 7.11 Å². The van der Waals surface area contributed by atoms with Crippen LogP contribution in [0.4, 0.5) is 5.82 Å². The lowest BCUT2D eigenvalue weighted by molar-refractivity contribution is 0.177. The van der Waals surface area contributed by atoms with Gasteiger partial charge in [0, 0.05) is 18.4 Å². The summed E-state index contributed by atoms with van der Waals surface area (Å²) in [6.45, 7) is 0.420. The van der Waals surface area contributed by atoms with Crippen LogP contribution in [0.2, 0.25) is 0 Å². The molecule has 0 aliphatic heterocycles. The number of rotatable bonds is 4. The maximum absolute atomic E-state index is 5.74. The first-order valence-electron chi connectivity index (χ1n) is 5.57. The zero-order chi connectivity index (χ0) is 11.4. The van der Waals surface area contributed by atoms with Crippen LogP contribution in [0.1, 0.15) is 31.5 Å². The predicted octanol–water partition coefficient (Wildman–Crippen LogP) is 2.24. The maximum atomic E-state index is 5.74. The van der Waals surface area contributed by atoms with E-state index in [1.165, 1.54) is 25.7 Å². The second-order valence-corrected chi connectivity index (χ2v) is 5.33. The van der Waals surface area contributed by atoms with Gasteiger partial charge in [-0.25, -0.2) is 9.97 Å². The minimum absolute atomic E-state index is 0.420. The molecule has 1 fully saturated rings. The second-order valence-electron chi connectivity index (χ2n) is 4.00. The van der Waals surface area contributed by atoms with Crippen LogP contribution >= 0.6 is 11.8 Å². The van der Waals surface area contributed by atoms with Crippen LogP contribution in [-0.2, 0) is 11.3 Å². The van der Waals surface area contributed by atoms with Crippen molar-refractivity contribution in [3.8, 4) is 0 Å². The average Bonchev–Trinajstić information content (AvgIpc) is 2.70. The summed E-state index contributed by atoms with van der Waals surface area (Å²) < 4.78 is 5.02. The first-order chi connectivity index (χ1) is 7.78. The van der Waals surface area contributed by atoms with Crippen molar-refractivity contribution in [1.29, 1.82) is 0 Å². The molecule has 1 aliphatic rings. The van der Waals surface area contributed by atoms with Gasteiger partial charge >= 0.3 is 0 Å². The standard InChI is InChI=1S/C11H17N3OS/c1-15-7-10-13-9(12)6-11(14-10)16-8-4-2-3-5-8/h6,8H,2-5,7H2,1H3,(H2,12,13,14). The van der Waals surface area contributed by atoms with Crippen molar-refractivity contribution in [2.24, 2.45) is 0 Å². The van der Waals surface area contributed by atoms with Gasteiger partial charge < -0.3 is 10.5 Å². The maximum Gasteiger partial charge on any atom is 0.157 e. The van der Waals surface area contributed by atoms with Crippen molar-refractivity contribution in [3.63, 3.8) is 0 Å². The van der Waals surface area contributed by atoms with E-state index in [0.29, 0.717) is 23.5 Å². The number of nitrogens with zero attached hydrogens (tertiary/aromatic N) is 2. The Morgan fingerprint density at radius 1 is 1.44 bits per heavy atom. The molecule has 1 aromatic heterocycles. The fourth-order valence-corrected chi connectivity index (χ4v) is 3.18. The van der Waals surface area contributed by atoms with Crippen molar-refractivity contribution in [3.05, 3.63) is 11.9 Å². The van der Waals surface area contributed by atoms with E-state index >= 15 is 0 Å². The molecule has 2 N–H and O–H groups in total. The van der Waals surface area contributed by atoms with E-state index in [1.807, 2.05) is 17.8 Å². The number of hydrogen-bond donors (Lipinski definition) is 1. The summed E-state index contributed by atoms with van der Waals surface area (Å²) >= 11 is 1.82. The van der Waals surface area contributed by atoms with E-state index in [4.69, 9.17) is 10.5 Å². The topological polar surface area (TPSA) is 61.0 Å². The molecule has 0 atom stereocenters. The highest BCUT2D eigenvalue weighted by molar-refractivity contribution is 7.99. The van der Waals surface area contributed by atoms with Crippen LogP contribution in [0.3, 0.4) is 0 Å². The minimum Gasteiger partial charge on any atom is -0.384 e. The third kappa shape index (κ3) is 3.09. The molecule has 0 spiro atoms. The van der Waals surface area contributed by atoms with Gasteiger partial charge in [0.1, 0.15) is 17.5 Å². The number of hydrogen-bond acceptors (Lipinski definition) is 5. The quantitative estimate of drug-likeness (QED) is 0.816. The molecule has 0 aromatic carbocycles. The van der Waals surface area contributed by atoms with Gasteiger partial charge in [-0.3, -0.25) is 0 Å². The second kappa shape index (κ2) is 5.50. The van der Waals surface area contributed by atoms with Crippen LogP contribution in [0, 0.1) is 0 Å². The van der Waals surface area contributed by atoms with Gasteiger partial charge in [0.15, 0.2) is 5.82 Å². The third-order valence-electron chi connectivity index (χ3n) is 2.63. The van der Waals surface area contributed by atoms with E-state index in [9.17, 15) is 0 Å². The Kier molecular flexibility index (Phi) is 4.01. The van der Waals surface area contributed by atoms with E-state index in [2.05, 4.69) is 9.97 Å². The number of thioether (sulfide) groups is 1. The minimum atomic E-state index is 0.420. The smallest absolute Gasteiger partial charge is 0.157 e. The van der Waals surface area contributed by atoms with Crippen LogP contribution in [0.25, 0.3) is 0 Å². The molecule has 0 bridgehead atoms. The largest absolute Gasteiger partial charge is 0.384 e. The molecule has 1 saturated carbocycles. The predicted molar refractivity (Wildman–Crippen MR) is 65.3 cm³/mol. The Bertz CT molecular complexity index is 353. The Morgan fingerprint density at radius 3 is 2.88 bits per heavy atom. The molecule has 88 valence electrons. The molecule has 2 rings (SSSR count). The molecule has 16 heavy (non-hydrogen) atoms. The first kappa shape index (κ1) is 11.7. The monoisotopic (exact) mass is 239 g/mol. The van der Waals surface area contributed by atoms with E-state index < -0.39 is 0 Å². The summed E-state index contributed by atoms with van der Waals surface area (Å²) in [5, 5.41) is 1.68. The number of methoxy groups -OCH3 is 1. The zero-order valence-corrected chi connectivity index (χ0v) is 10.3. The summed E-state index contributed by atoms with van der Waals surface area (Å²) in [6.07, 6.45) is 5.24. The Labute approximate surface area is 100.0 Å². The number of aromatic nitrogens is 2. The molecule has 0 saturated heterocycles. The Hall–Kier alpha value is -0.810. The number of ether oxygens (including phenoxy) is 1. The average molecular weight is 239 g/mol. The van der Waals surface area contributed by atoms with Crippen LogP contribution in [0.5, 0.6) is 0 Å². The summed E-state index contributed by atoms with van der Waals surface area (Å²) in [5.74, 6) is 1.20. The lowest BCUT2D eigenvalue weighted by Gasteiger charge is -2.09. The van der Waals surface area contributed by atoms with Crippen molar-refractivity contribution in [2.75, 3.05) is 12.8 Å². The summed E-state index contributed by atoms with van der Waals surface area (Å²) in [4.78, 5) is 8.56. The van der Waals surface area contributed by atoms with Crippen molar-refractivity contribution in [1.82, 2.24) is 9.97 Å². The number of nitrogens with two attached hydrogens (primary N) is 1. The summed E-state index contributed by atoms with van der Waals surface area (Å²) in [6, 6.07) is 1.85. The third-order valence-corrected chi connectivity index (χ3v) is 3.89. The molecular formula is C11H17N3OS. The van der Waals surface area contributed by atoms with Crippen LogP contribution in [-0.4, -0.2) is 22.3 Å². The molecule has 4 nitrogen and oxygen atoms in total. The van der Waals surface area contributed by atoms with Crippen LogP contribution < -0.4 is 5.73 Å². The van der Waals surface area contributed by atoms with E-state index in [-0.39, 0.29) is 0 Å². The van der Waals surface area contributed by atoms with Gasteiger partial charge in [-0.2, -0.15) is 0 Å². The normalized spacial score (nSPS) is 16.8. The van der Waals surface area contributed by atoms with E-state index in [0.717, 1.165) is 5.03 Å².